The van der Waals surface area contributed by atoms with Crippen LogP contribution < -0.4 is 4.18 Å². The van der Waals surface area contributed by atoms with Crippen LogP contribution in [0.1, 0.15) is 5.56 Å². The summed E-state index contributed by atoms with van der Waals surface area (Å²) >= 11 is 0. The monoisotopic (exact) mass is 422 g/mol. The van der Waals surface area contributed by atoms with Crippen molar-refractivity contribution in [3.8, 4) is 5.75 Å². The molecule has 0 fully saturated rings. The van der Waals surface area contributed by atoms with E-state index in [-0.39, 0.29) is 24.0 Å². The van der Waals surface area contributed by atoms with Crippen molar-refractivity contribution in [3.05, 3.63) is 29.8 Å². The number of hydrogen-bond acceptors (Lipinski definition) is 3. The second kappa shape index (κ2) is 5.73. The molecule has 11 heteroatoms. The van der Waals surface area contributed by atoms with Crippen LogP contribution in [-0.4, -0.2) is 13.9 Å². The lowest BCUT2D eigenvalue weighted by Gasteiger charge is -2.14. The summed E-state index contributed by atoms with van der Waals surface area (Å²) in [4.78, 5) is 0. The Bertz CT molecular complexity index is 536. The molecule has 3 nitrogen and oxygen atoms in total. The minimum atomic E-state index is -6.13. The molecule has 0 radical (unpaired) electrons. The van der Waals surface area contributed by atoms with Gasteiger partial charge < -0.3 is 4.18 Å². The Balaban J connectivity index is 0.00000324. The Morgan fingerprint density at radius 1 is 0.947 bits per heavy atom. The molecule has 0 bridgehead atoms. The second-order valence-corrected chi connectivity index (χ2v) is 4.51. The summed E-state index contributed by atoms with van der Waals surface area (Å²) in [5.41, 5.74) is -7.41. The molecule has 0 saturated carbocycles. The average Bonchev–Trinajstić information content (AvgIpc) is 2.14. The molecule has 0 unspecified atom stereocenters. The zero-order valence-corrected chi connectivity index (χ0v) is 11.8. The van der Waals surface area contributed by atoms with Crippen LogP contribution in [-0.2, 0) is 16.3 Å². The molecule has 0 N–H and O–H groups in total. The van der Waals surface area contributed by atoms with E-state index in [1.54, 1.807) is 0 Å². The Morgan fingerprint density at radius 3 is 1.84 bits per heavy atom. The topological polar surface area (TPSA) is 43.4 Å². The van der Waals surface area contributed by atoms with E-state index in [0.29, 0.717) is 12.1 Å². The quantitative estimate of drug-likeness (QED) is 0.317. The maximum Gasteiger partial charge on any atom is 0.534 e. The van der Waals surface area contributed by atoms with Crippen molar-refractivity contribution < 1.29 is 38.9 Å². The zero-order chi connectivity index (χ0) is 14.2. The van der Waals surface area contributed by atoms with Crippen LogP contribution in [0, 0.1) is 0 Å². The van der Waals surface area contributed by atoms with Gasteiger partial charge in [-0.05, 0) is 12.1 Å². The summed E-state index contributed by atoms with van der Waals surface area (Å²) in [6.07, 6.45) is -5.03. The lowest BCUT2D eigenvalue weighted by atomic mass is 10.2. The highest BCUT2D eigenvalue weighted by Gasteiger charge is 2.49. The van der Waals surface area contributed by atoms with Crippen LogP contribution in [0.15, 0.2) is 24.3 Å². The number of rotatable bonds is 2. The van der Waals surface area contributed by atoms with E-state index in [4.69, 9.17) is 0 Å². The Hall–Kier alpha value is -0.720. The molecule has 0 aromatic heterocycles. The van der Waals surface area contributed by atoms with E-state index in [9.17, 15) is 34.8 Å². The van der Waals surface area contributed by atoms with Crippen molar-refractivity contribution in [2.24, 2.45) is 0 Å². The Kier molecular flexibility index (Phi) is 5.51. The van der Waals surface area contributed by atoms with Gasteiger partial charge in [-0.1, -0.05) is 12.1 Å². The highest BCUT2D eigenvalue weighted by atomic mass is 127. The highest BCUT2D eigenvalue weighted by molar-refractivity contribution is 14.0. The van der Waals surface area contributed by atoms with Gasteiger partial charge in [0, 0.05) is 0 Å². The number of halogens is 7. The molecule has 1 aromatic carbocycles. The molecule has 0 aliphatic rings. The predicted molar refractivity (Wildman–Crippen MR) is 62.5 cm³/mol. The molecule has 0 amide bonds. The average molecular weight is 422 g/mol. The summed E-state index contributed by atoms with van der Waals surface area (Å²) in [5, 5.41) is 0. The van der Waals surface area contributed by atoms with Gasteiger partial charge in [-0.15, -0.1) is 24.0 Å². The van der Waals surface area contributed by atoms with Gasteiger partial charge in [0.2, 0.25) is 0 Å². The Morgan fingerprint density at radius 2 is 1.42 bits per heavy atom. The van der Waals surface area contributed by atoms with Gasteiger partial charge >= 0.3 is 21.8 Å². The lowest BCUT2D eigenvalue weighted by molar-refractivity contribution is -0.138. The van der Waals surface area contributed by atoms with E-state index in [2.05, 4.69) is 4.18 Å². The normalized spacial score (nSPS) is 12.7. The highest BCUT2D eigenvalue weighted by Crippen LogP contribution is 2.38. The SMILES string of the molecule is I.O=S(=O)(Oc1ccccc1C(F)(F)F)C(F)(F)F. The first-order chi connectivity index (χ1) is 7.95. The van der Waals surface area contributed by atoms with Crippen molar-refractivity contribution in [1.82, 2.24) is 0 Å². The third kappa shape index (κ3) is 4.40. The minimum Gasteiger partial charge on any atom is -0.375 e. The van der Waals surface area contributed by atoms with Crippen LogP contribution in [0.4, 0.5) is 26.3 Å². The second-order valence-electron chi connectivity index (χ2n) is 2.98. The maximum atomic E-state index is 12.4. The fraction of sp³-hybridized carbons (Fsp3) is 0.250. The first-order valence-corrected chi connectivity index (χ1v) is 5.53. The van der Waals surface area contributed by atoms with Crippen LogP contribution in [0.3, 0.4) is 0 Å². The third-order valence-corrected chi connectivity index (χ3v) is 2.64. The number of para-hydroxylation sites is 1. The van der Waals surface area contributed by atoms with Gasteiger partial charge in [0.25, 0.3) is 0 Å². The van der Waals surface area contributed by atoms with Gasteiger partial charge in [0.1, 0.15) is 0 Å². The van der Waals surface area contributed by atoms with E-state index >= 15 is 0 Å². The fourth-order valence-electron chi connectivity index (χ4n) is 0.939. The standard InChI is InChI=1S/C8H4F6O3S.HI/c9-7(10,11)5-3-1-2-4-6(5)17-18(15,16)8(12,13)14;/h1-4H;1H. The van der Waals surface area contributed by atoms with E-state index in [0.717, 1.165) is 12.1 Å². The van der Waals surface area contributed by atoms with Crippen molar-refractivity contribution in [3.63, 3.8) is 0 Å². The van der Waals surface area contributed by atoms with Crippen LogP contribution in [0.25, 0.3) is 0 Å². The van der Waals surface area contributed by atoms with Crippen LogP contribution in [0.2, 0.25) is 0 Å². The largest absolute Gasteiger partial charge is 0.534 e. The van der Waals surface area contributed by atoms with E-state index in [1.165, 1.54) is 0 Å². The summed E-state index contributed by atoms with van der Waals surface area (Å²) in [6, 6.07) is 2.68. The van der Waals surface area contributed by atoms with Crippen molar-refractivity contribution in [1.29, 1.82) is 0 Å². The molecular weight excluding hydrogens is 417 g/mol. The van der Waals surface area contributed by atoms with Gasteiger partial charge in [-0.25, -0.2) is 0 Å². The van der Waals surface area contributed by atoms with Gasteiger partial charge in [-0.3, -0.25) is 0 Å². The summed E-state index contributed by atoms with van der Waals surface area (Å²) < 4.78 is 97.6. The number of hydrogen-bond donors (Lipinski definition) is 0. The van der Waals surface area contributed by atoms with Gasteiger partial charge in [-0.2, -0.15) is 34.8 Å². The molecule has 19 heavy (non-hydrogen) atoms. The smallest absolute Gasteiger partial charge is 0.375 e. The molecule has 0 atom stereocenters. The van der Waals surface area contributed by atoms with Crippen LogP contribution >= 0.6 is 24.0 Å². The molecule has 0 aliphatic carbocycles. The minimum absolute atomic E-state index is 0. The molecule has 0 aliphatic heterocycles. The van der Waals surface area contributed by atoms with E-state index < -0.39 is 33.1 Å². The van der Waals surface area contributed by atoms with Crippen molar-refractivity contribution >= 4 is 34.1 Å². The lowest BCUT2D eigenvalue weighted by Crippen LogP contribution is -2.28. The third-order valence-electron chi connectivity index (χ3n) is 1.68. The zero-order valence-electron chi connectivity index (χ0n) is 8.62. The van der Waals surface area contributed by atoms with E-state index in [1.807, 2.05) is 0 Å². The molecule has 1 aromatic rings. The fourth-order valence-corrected chi connectivity index (χ4v) is 1.42. The first-order valence-electron chi connectivity index (χ1n) is 4.12. The number of benzene rings is 1. The summed E-state index contributed by atoms with van der Waals surface area (Å²) in [7, 11) is -6.13. The molecular formula is C8H5F6IO3S. The van der Waals surface area contributed by atoms with Crippen molar-refractivity contribution in [2.45, 2.75) is 11.7 Å². The van der Waals surface area contributed by atoms with Crippen LogP contribution in [0.5, 0.6) is 5.75 Å². The molecule has 0 heterocycles. The van der Waals surface area contributed by atoms with Gasteiger partial charge in [0.15, 0.2) is 5.75 Å². The first kappa shape index (κ1) is 18.3. The Labute approximate surface area is 120 Å². The maximum absolute atomic E-state index is 12.4. The predicted octanol–water partition coefficient (Wildman–Crippen LogP) is 3.55. The summed E-state index contributed by atoms with van der Waals surface area (Å²) in [5.74, 6) is -1.43. The molecule has 110 valence electrons. The summed E-state index contributed by atoms with van der Waals surface area (Å²) in [6.45, 7) is 0. The number of alkyl halides is 6. The molecule has 0 spiro atoms. The molecule has 1 rings (SSSR count). The van der Waals surface area contributed by atoms with Crippen molar-refractivity contribution in [2.75, 3.05) is 0 Å². The molecule has 0 saturated heterocycles. The van der Waals surface area contributed by atoms with Gasteiger partial charge in [0.05, 0.1) is 5.56 Å².